The molecule has 0 spiro atoms. The number of hydrogen-bond acceptors (Lipinski definition) is 5. The zero-order chi connectivity index (χ0) is 18.3. The van der Waals surface area contributed by atoms with Gasteiger partial charge in [0.1, 0.15) is 10.3 Å². The van der Waals surface area contributed by atoms with Gasteiger partial charge >= 0.3 is 6.18 Å². The fourth-order valence-electron chi connectivity index (χ4n) is 3.04. The molecule has 3 aromatic heterocycles. The van der Waals surface area contributed by atoms with E-state index in [1.165, 1.54) is 22.2 Å². The predicted octanol–water partition coefficient (Wildman–Crippen LogP) is 3.38. The summed E-state index contributed by atoms with van der Waals surface area (Å²) < 4.78 is 39.5. The third-order valence-corrected chi connectivity index (χ3v) is 5.27. The van der Waals surface area contributed by atoms with E-state index in [0.29, 0.717) is 41.3 Å². The molecule has 0 bridgehead atoms. The van der Waals surface area contributed by atoms with Crippen LogP contribution < -0.4 is 0 Å². The normalized spacial score (nSPS) is 18.4. The fourth-order valence-corrected chi connectivity index (χ4v) is 3.92. The molecule has 1 aliphatic heterocycles. The Labute approximate surface area is 150 Å². The smallest absolute Gasteiger partial charge is 0.334 e. The minimum atomic E-state index is -4.47. The number of aromatic nitrogens is 4. The number of carbonyl (C=O) groups is 1. The van der Waals surface area contributed by atoms with E-state index < -0.39 is 11.9 Å². The van der Waals surface area contributed by atoms with E-state index in [-0.39, 0.29) is 11.9 Å². The Kier molecular flexibility index (Phi) is 4.14. The van der Waals surface area contributed by atoms with E-state index in [1.54, 1.807) is 23.2 Å². The average molecular weight is 381 g/mol. The van der Waals surface area contributed by atoms with Gasteiger partial charge < -0.3 is 4.90 Å². The van der Waals surface area contributed by atoms with Crippen molar-refractivity contribution < 1.29 is 18.0 Å². The van der Waals surface area contributed by atoms with Crippen molar-refractivity contribution in [2.75, 3.05) is 13.1 Å². The van der Waals surface area contributed by atoms with Crippen LogP contribution >= 0.6 is 11.3 Å². The molecular weight excluding hydrogens is 367 g/mol. The monoisotopic (exact) mass is 381 g/mol. The summed E-state index contributed by atoms with van der Waals surface area (Å²) in [5.41, 5.74) is -0.255. The molecule has 136 valence electrons. The molecule has 10 heteroatoms. The van der Waals surface area contributed by atoms with Crippen LogP contribution in [0.25, 0.3) is 10.3 Å². The summed E-state index contributed by atoms with van der Waals surface area (Å²) in [5, 5.41) is 3.98. The number of halogens is 3. The highest BCUT2D eigenvalue weighted by Crippen LogP contribution is 2.30. The Morgan fingerprint density at radius 2 is 2.15 bits per heavy atom. The molecular formula is C16H14F3N5OS. The lowest BCUT2D eigenvalue weighted by molar-refractivity contribution is -0.141. The van der Waals surface area contributed by atoms with Crippen molar-refractivity contribution in [3.8, 4) is 0 Å². The van der Waals surface area contributed by atoms with E-state index >= 15 is 0 Å². The van der Waals surface area contributed by atoms with Gasteiger partial charge in [-0.3, -0.25) is 9.48 Å². The zero-order valence-electron chi connectivity index (χ0n) is 13.5. The summed E-state index contributed by atoms with van der Waals surface area (Å²) in [7, 11) is 0. The molecule has 4 heterocycles. The summed E-state index contributed by atoms with van der Waals surface area (Å²) in [6.45, 7) is 0.854. The number of piperidine rings is 1. The van der Waals surface area contributed by atoms with Crippen molar-refractivity contribution in [1.82, 2.24) is 24.6 Å². The molecule has 6 nitrogen and oxygen atoms in total. The van der Waals surface area contributed by atoms with Crippen LogP contribution in [0.5, 0.6) is 0 Å². The zero-order valence-corrected chi connectivity index (χ0v) is 14.3. The van der Waals surface area contributed by atoms with Gasteiger partial charge in [-0.25, -0.2) is 9.97 Å². The van der Waals surface area contributed by atoms with E-state index in [2.05, 4.69) is 15.1 Å². The molecule has 26 heavy (non-hydrogen) atoms. The van der Waals surface area contributed by atoms with Crippen molar-refractivity contribution >= 4 is 27.6 Å². The third-order valence-electron chi connectivity index (χ3n) is 4.31. The number of fused-ring (bicyclic) bond motifs is 1. The van der Waals surface area contributed by atoms with Crippen molar-refractivity contribution in [3.05, 3.63) is 41.3 Å². The number of carbonyl (C=O) groups excluding carboxylic acids is 1. The lowest BCUT2D eigenvalue weighted by Gasteiger charge is -2.32. The van der Waals surface area contributed by atoms with Gasteiger partial charge in [0.05, 0.1) is 6.04 Å². The van der Waals surface area contributed by atoms with Crippen molar-refractivity contribution in [2.24, 2.45) is 0 Å². The molecule has 0 radical (unpaired) electrons. The molecule has 1 aliphatic rings. The van der Waals surface area contributed by atoms with Crippen LogP contribution in [0.15, 0.2) is 30.6 Å². The Bertz CT molecular complexity index is 918. The first-order valence-corrected chi connectivity index (χ1v) is 8.86. The summed E-state index contributed by atoms with van der Waals surface area (Å²) >= 11 is 1.22. The molecule has 1 amide bonds. The Balaban J connectivity index is 1.52. The second-order valence-electron chi connectivity index (χ2n) is 6.07. The van der Waals surface area contributed by atoms with Crippen molar-refractivity contribution in [2.45, 2.75) is 25.1 Å². The van der Waals surface area contributed by atoms with E-state index in [4.69, 9.17) is 0 Å². The first-order chi connectivity index (χ1) is 12.4. The first-order valence-electron chi connectivity index (χ1n) is 8.05. The minimum absolute atomic E-state index is 0.221. The number of rotatable bonds is 2. The van der Waals surface area contributed by atoms with Crippen LogP contribution in [-0.2, 0) is 6.18 Å². The van der Waals surface area contributed by atoms with Gasteiger partial charge in [-0.1, -0.05) is 11.3 Å². The Morgan fingerprint density at radius 3 is 2.88 bits per heavy atom. The van der Waals surface area contributed by atoms with Gasteiger partial charge in [-0.05, 0) is 31.0 Å². The maximum atomic E-state index is 12.7. The number of hydrogen-bond donors (Lipinski definition) is 0. The molecule has 0 aromatic carbocycles. The van der Waals surface area contributed by atoms with Crippen molar-refractivity contribution in [3.63, 3.8) is 0 Å². The molecule has 1 saturated heterocycles. The quantitative estimate of drug-likeness (QED) is 0.683. The second kappa shape index (κ2) is 6.35. The number of thiazole rings is 1. The summed E-state index contributed by atoms with van der Waals surface area (Å²) in [5.74, 6) is -0.221. The lowest BCUT2D eigenvalue weighted by atomic mass is 10.1. The number of amides is 1. The number of nitrogens with zero attached hydrogens (tertiary/aromatic N) is 5. The maximum Gasteiger partial charge on any atom is 0.435 e. The SMILES string of the molecule is O=C(c1nc2cccnc2s1)N1CCCC(n2ccc(C(F)(F)F)n2)C1. The summed E-state index contributed by atoms with van der Waals surface area (Å²) in [6, 6.07) is 4.22. The molecule has 1 fully saturated rings. The predicted molar refractivity (Wildman–Crippen MR) is 88.8 cm³/mol. The van der Waals surface area contributed by atoms with E-state index in [0.717, 1.165) is 6.07 Å². The topological polar surface area (TPSA) is 63.9 Å². The highest BCUT2D eigenvalue weighted by molar-refractivity contribution is 7.19. The molecule has 0 N–H and O–H groups in total. The second-order valence-corrected chi connectivity index (χ2v) is 7.05. The van der Waals surface area contributed by atoms with Gasteiger partial charge in [0.15, 0.2) is 10.7 Å². The Morgan fingerprint density at radius 1 is 1.31 bits per heavy atom. The van der Waals surface area contributed by atoms with Crippen LogP contribution in [0.4, 0.5) is 13.2 Å². The average Bonchev–Trinajstić information content (AvgIpc) is 3.28. The molecule has 1 atom stereocenters. The van der Waals surface area contributed by atoms with Gasteiger partial charge in [-0.2, -0.15) is 18.3 Å². The van der Waals surface area contributed by atoms with Gasteiger partial charge in [0.25, 0.3) is 5.91 Å². The molecule has 4 rings (SSSR count). The molecule has 0 saturated carbocycles. The number of likely N-dealkylation sites (tertiary alicyclic amines) is 1. The largest absolute Gasteiger partial charge is 0.435 e. The van der Waals surface area contributed by atoms with E-state index in [1.807, 2.05) is 0 Å². The molecule has 1 unspecified atom stereocenters. The molecule has 0 aliphatic carbocycles. The minimum Gasteiger partial charge on any atom is -0.334 e. The van der Waals surface area contributed by atoms with Crippen molar-refractivity contribution in [1.29, 1.82) is 0 Å². The Hall–Kier alpha value is -2.49. The molecule has 3 aromatic rings. The maximum absolute atomic E-state index is 12.7. The fraction of sp³-hybridized carbons (Fsp3) is 0.375. The van der Waals surface area contributed by atoms with Crippen LogP contribution in [0.1, 0.15) is 34.4 Å². The van der Waals surface area contributed by atoms with Crippen LogP contribution in [0, 0.1) is 0 Å². The van der Waals surface area contributed by atoms with Gasteiger partial charge in [0, 0.05) is 25.5 Å². The van der Waals surface area contributed by atoms with E-state index in [9.17, 15) is 18.0 Å². The first kappa shape index (κ1) is 17.0. The van der Waals surface area contributed by atoms with Gasteiger partial charge in [-0.15, -0.1) is 0 Å². The van der Waals surface area contributed by atoms with Crippen LogP contribution in [0.2, 0.25) is 0 Å². The standard InChI is InChI=1S/C16H14F3N5OS/c17-16(18,19)12-5-8-24(22-12)10-3-2-7-23(9-10)15(25)14-21-11-4-1-6-20-13(11)26-14/h1,4-6,8,10H,2-3,7,9H2. The highest BCUT2D eigenvalue weighted by atomic mass is 32.1. The number of alkyl halides is 3. The number of pyridine rings is 1. The van der Waals surface area contributed by atoms with Crippen LogP contribution in [0.3, 0.4) is 0 Å². The summed E-state index contributed by atoms with van der Waals surface area (Å²) in [6.07, 6.45) is -0.140. The summed E-state index contributed by atoms with van der Waals surface area (Å²) in [4.78, 5) is 23.6. The van der Waals surface area contributed by atoms with Crippen LogP contribution in [-0.4, -0.2) is 43.6 Å². The van der Waals surface area contributed by atoms with Gasteiger partial charge in [0.2, 0.25) is 0 Å². The lowest BCUT2D eigenvalue weighted by Crippen LogP contribution is -2.40. The highest BCUT2D eigenvalue weighted by Gasteiger charge is 2.35. The third kappa shape index (κ3) is 3.16.